The quantitative estimate of drug-likeness (QED) is 0.0631. The van der Waals surface area contributed by atoms with Gasteiger partial charge in [0.1, 0.15) is 34.1 Å². The number of carboxylic acids is 1. The zero-order valence-corrected chi connectivity index (χ0v) is 23.5. The van der Waals surface area contributed by atoms with E-state index in [9.17, 15) is 39.6 Å². The number of phenolic OH excluding ortho intramolecular Hbond substituents is 2. The Labute approximate surface area is 247 Å². The van der Waals surface area contributed by atoms with E-state index in [-0.39, 0.29) is 61.2 Å². The molecule has 0 saturated heterocycles. The van der Waals surface area contributed by atoms with Crippen molar-refractivity contribution in [2.75, 3.05) is 21.3 Å². The van der Waals surface area contributed by atoms with Crippen molar-refractivity contribution in [2.24, 2.45) is 0 Å². The lowest BCUT2D eigenvalue weighted by Gasteiger charge is -2.20. The highest BCUT2D eigenvalue weighted by Crippen LogP contribution is 2.48. The molecule has 0 amide bonds. The molecule has 224 valence electrons. The summed E-state index contributed by atoms with van der Waals surface area (Å²) in [6.07, 6.45) is 0.240. The third-order valence-electron chi connectivity index (χ3n) is 7.04. The van der Waals surface area contributed by atoms with Gasteiger partial charge in [-0.15, -0.1) is 0 Å². The van der Waals surface area contributed by atoms with Gasteiger partial charge in [0.05, 0.1) is 49.6 Å². The number of carboxylic acid groups (broad SMARTS) is 1. The molecule has 1 heterocycles. The average Bonchev–Trinajstić information content (AvgIpc) is 2.98. The summed E-state index contributed by atoms with van der Waals surface area (Å²) >= 11 is 0. The van der Waals surface area contributed by atoms with E-state index in [2.05, 4.69) is 4.74 Å². The van der Waals surface area contributed by atoms with Crippen molar-refractivity contribution in [3.05, 3.63) is 87.5 Å². The fourth-order valence-corrected chi connectivity index (χ4v) is 5.24. The van der Waals surface area contributed by atoms with Gasteiger partial charge in [0.25, 0.3) is 0 Å². The van der Waals surface area contributed by atoms with Gasteiger partial charge in [0.2, 0.25) is 5.76 Å². The van der Waals surface area contributed by atoms with Gasteiger partial charge < -0.3 is 39.1 Å². The van der Waals surface area contributed by atoms with Crippen molar-refractivity contribution >= 4 is 55.8 Å². The number of aromatic hydroxyl groups is 2. The Morgan fingerprint density at radius 2 is 1.48 bits per heavy atom. The molecule has 44 heavy (non-hydrogen) atoms. The van der Waals surface area contributed by atoms with Gasteiger partial charge >= 0.3 is 17.6 Å². The molecular weight excluding hydrogens is 576 g/mol. The van der Waals surface area contributed by atoms with Crippen molar-refractivity contribution in [3.8, 4) is 23.0 Å². The van der Waals surface area contributed by atoms with Crippen LogP contribution < -0.4 is 15.1 Å². The molecule has 0 spiro atoms. The van der Waals surface area contributed by atoms with E-state index in [1.807, 2.05) is 0 Å². The summed E-state index contributed by atoms with van der Waals surface area (Å²) in [6, 6.07) is 11.5. The maximum atomic E-state index is 13.0. The van der Waals surface area contributed by atoms with Gasteiger partial charge in [0, 0.05) is 6.08 Å². The standard InChI is InChI=1S/C32H24O12/c1-41-29-24(21(35)13-20(34)18-6-4-5-7-19(18)33)17(12-23(36)37)10-15-8-14-9-16-11-22(31(39)43-3)44-32(40)26(16)28(38)25(14)30(42-2)27(15)29/h4-11,13,33,35,38H,12H2,1-3H3,(H,36,37)/b21-13-. The molecule has 5 rings (SSSR count). The van der Waals surface area contributed by atoms with Crippen molar-refractivity contribution in [2.45, 2.75) is 6.42 Å². The first-order chi connectivity index (χ1) is 21.0. The van der Waals surface area contributed by atoms with E-state index in [4.69, 9.17) is 13.9 Å². The molecule has 1 aromatic heterocycles. The number of benzene rings is 4. The average molecular weight is 601 g/mol. The molecule has 0 radical (unpaired) electrons. The first kappa shape index (κ1) is 29.5. The molecule has 0 unspecified atom stereocenters. The van der Waals surface area contributed by atoms with Crippen LogP contribution in [0.3, 0.4) is 0 Å². The Morgan fingerprint density at radius 3 is 2.09 bits per heavy atom. The summed E-state index contributed by atoms with van der Waals surface area (Å²) in [7, 11) is 3.67. The number of para-hydroxylation sites is 1. The number of carbonyl (C=O) groups is 3. The number of ketones is 1. The number of methoxy groups -OCH3 is 3. The number of allylic oxidation sites excluding steroid dienone is 1. The number of aliphatic hydroxyl groups excluding tert-OH is 1. The molecule has 0 aliphatic carbocycles. The Bertz CT molecular complexity index is 2120. The lowest BCUT2D eigenvalue weighted by atomic mass is 9.91. The monoisotopic (exact) mass is 600 g/mol. The molecule has 12 nitrogen and oxygen atoms in total. The van der Waals surface area contributed by atoms with E-state index >= 15 is 0 Å². The lowest BCUT2D eigenvalue weighted by molar-refractivity contribution is -0.136. The van der Waals surface area contributed by atoms with Crippen LogP contribution in [0.4, 0.5) is 0 Å². The van der Waals surface area contributed by atoms with Gasteiger partial charge in [-0.1, -0.05) is 12.1 Å². The number of fused-ring (bicyclic) bond motifs is 3. The molecule has 0 aliphatic heterocycles. The maximum Gasteiger partial charge on any atom is 0.374 e. The van der Waals surface area contributed by atoms with Gasteiger partial charge in [-0.25, -0.2) is 9.59 Å². The lowest BCUT2D eigenvalue weighted by Crippen LogP contribution is -2.09. The fourth-order valence-electron chi connectivity index (χ4n) is 5.24. The maximum absolute atomic E-state index is 13.0. The second-order valence-electron chi connectivity index (χ2n) is 9.61. The van der Waals surface area contributed by atoms with Crippen LogP contribution in [0.25, 0.3) is 38.1 Å². The molecule has 0 fully saturated rings. The van der Waals surface area contributed by atoms with Crippen molar-refractivity contribution in [3.63, 3.8) is 0 Å². The number of phenols is 2. The largest absolute Gasteiger partial charge is 0.507 e. The van der Waals surface area contributed by atoms with Crippen LogP contribution >= 0.6 is 0 Å². The highest BCUT2D eigenvalue weighted by Gasteiger charge is 2.26. The Kier molecular flexibility index (Phi) is 7.58. The number of carbonyl (C=O) groups excluding carboxylic acids is 2. The molecular formula is C32H24O12. The van der Waals surface area contributed by atoms with Gasteiger partial charge in [-0.2, -0.15) is 0 Å². The van der Waals surface area contributed by atoms with Crippen LogP contribution in [0.15, 0.2) is 63.8 Å². The summed E-state index contributed by atoms with van der Waals surface area (Å²) in [5.41, 5.74) is -1.20. The smallest absolute Gasteiger partial charge is 0.374 e. The molecule has 4 aromatic carbocycles. The molecule has 4 N–H and O–H groups in total. The molecule has 0 aliphatic rings. The Hall–Kier alpha value is -6.04. The summed E-state index contributed by atoms with van der Waals surface area (Å²) in [5.74, 6) is -4.91. The highest BCUT2D eigenvalue weighted by atomic mass is 16.5. The highest BCUT2D eigenvalue weighted by molar-refractivity contribution is 6.17. The predicted octanol–water partition coefficient (Wildman–Crippen LogP) is 4.72. The van der Waals surface area contributed by atoms with Crippen molar-refractivity contribution in [1.29, 1.82) is 0 Å². The molecule has 0 saturated carbocycles. The number of hydrogen-bond donors (Lipinski definition) is 4. The van der Waals surface area contributed by atoms with Crippen LogP contribution in [0.5, 0.6) is 23.0 Å². The normalized spacial score (nSPS) is 11.6. The minimum absolute atomic E-state index is 0.00634. The summed E-state index contributed by atoms with van der Waals surface area (Å²) in [4.78, 5) is 49.7. The van der Waals surface area contributed by atoms with Gasteiger partial charge in [-0.05, 0) is 58.1 Å². The van der Waals surface area contributed by atoms with E-state index in [1.165, 1.54) is 56.7 Å². The van der Waals surface area contributed by atoms with Gasteiger partial charge in [-0.3, -0.25) is 9.59 Å². The second kappa shape index (κ2) is 11.3. The van der Waals surface area contributed by atoms with E-state index < -0.39 is 41.3 Å². The second-order valence-corrected chi connectivity index (χ2v) is 9.61. The number of rotatable bonds is 8. The predicted molar refractivity (Wildman–Crippen MR) is 158 cm³/mol. The molecule has 0 bridgehead atoms. The van der Waals surface area contributed by atoms with Gasteiger partial charge in [0.15, 0.2) is 5.78 Å². The van der Waals surface area contributed by atoms with Crippen molar-refractivity contribution < 1.29 is 53.4 Å². The van der Waals surface area contributed by atoms with Crippen LogP contribution in [-0.4, -0.2) is 59.5 Å². The number of aliphatic hydroxyl groups is 1. The first-order valence-corrected chi connectivity index (χ1v) is 12.9. The number of ether oxygens (including phenoxy) is 3. The number of hydrogen-bond acceptors (Lipinski definition) is 11. The minimum atomic E-state index is -1.24. The van der Waals surface area contributed by atoms with Crippen LogP contribution in [0.2, 0.25) is 0 Å². The van der Waals surface area contributed by atoms with Crippen LogP contribution in [-0.2, 0) is 16.0 Å². The third kappa shape index (κ3) is 4.87. The molecule has 0 atom stereocenters. The van der Waals surface area contributed by atoms with Crippen LogP contribution in [0.1, 0.15) is 32.0 Å². The van der Waals surface area contributed by atoms with E-state index in [0.717, 1.165) is 13.2 Å². The van der Waals surface area contributed by atoms with Crippen LogP contribution in [0, 0.1) is 0 Å². The van der Waals surface area contributed by atoms with E-state index in [1.54, 1.807) is 6.07 Å². The third-order valence-corrected chi connectivity index (χ3v) is 7.04. The molecule has 12 heteroatoms. The molecule has 5 aromatic rings. The zero-order chi connectivity index (χ0) is 31.9. The summed E-state index contributed by atoms with van der Waals surface area (Å²) in [6.45, 7) is 0. The summed E-state index contributed by atoms with van der Waals surface area (Å²) in [5, 5.41) is 43.1. The minimum Gasteiger partial charge on any atom is -0.507 e. The zero-order valence-electron chi connectivity index (χ0n) is 23.5. The number of aliphatic carboxylic acids is 1. The van der Waals surface area contributed by atoms with Crippen molar-refractivity contribution in [1.82, 2.24) is 0 Å². The Morgan fingerprint density at radius 1 is 0.841 bits per heavy atom. The summed E-state index contributed by atoms with van der Waals surface area (Å²) < 4.78 is 21.0. The van der Waals surface area contributed by atoms with E-state index in [0.29, 0.717) is 10.8 Å². The number of esters is 1. The Balaban J connectivity index is 1.88. The topological polar surface area (TPSA) is 190 Å². The SMILES string of the molecule is COC(=O)c1cc2cc3cc4cc(CC(=O)O)c(/C(O)=C/C(=O)c5ccccc5O)c(OC)c4c(OC)c3c(O)c2c(=O)o1. The fraction of sp³-hybridized carbons (Fsp3) is 0.125. The first-order valence-electron chi connectivity index (χ1n) is 12.9.